The molecular weight excluding hydrogens is 347 g/mol. The molecule has 0 amide bonds. The van der Waals surface area contributed by atoms with Crippen molar-refractivity contribution >= 4 is 23.3 Å². The summed E-state index contributed by atoms with van der Waals surface area (Å²) < 4.78 is 40.0. The van der Waals surface area contributed by atoms with E-state index in [1.807, 2.05) is 4.90 Å². The molecule has 25 heavy (non-hydrogen) atoms. The third kappa shape index (κ3) is 4.89. The van der Waals surface area contributed by atoms with Crippen molar-refractivity contribution in [1.29, 1.82) is 0 Å². The number of halogens is 3. The number of carbonyl (C=O) groups is 2. The van der Waals surface area contributed by atoms with Gasteiger partial charge in [-0.3, -0.25) is 14.9 Å². The van der Waals surface area contributed by atoms with Crippen molar-refractivity contribution in [2.75, 3.05) is 31.1 Å². The molecule has 1 fully saturated rings. The van der Waals surface area contributed by atoms with Crippen LogP contribution < -0.4 is 10.2 Å². The molecule has 0 saturated carbocycles. The van der Waals surface area contributed by atoms with Crippen molar-refractivity contribution in [3.8, 4) is 0 Å². The number of nitrogens with zero attached hydrogens (tertiary/aromatic N) is 2. The van der Waals surface area contributed by atoms with Crippen LogP contribution in [0, 0.1) is 10.1 Å². The van der Waals surface area contributed by atoms with Crippen LogP contribution in [0.2, 0.25) is 0 Å². The SMILES string of the molecule is O=C(Cc1cc(N2CCNCC2)ccc1[N+](=O)[O-])OC(=O)C(F)(F)F. The van der Waals surface area contributed by atoms with E-state index in [0.717, 1.165) is 0 Å². The number of nitro groups is 1. The minimum absolute atomic E-state index is 0.124. The highest BCUT2D eigenvalue weighted by Crippen LogP contribution is 2.26. The fraction of sp³-hybridized carbons (Fsp3) is 0.429. The van der Waals surface area contributed by atoms with Gasteiger partial charge in [0.05, 0.1) is 11.3 Å². The van der Waals surface area contributed by atoms with Crippen LogP contribution in [0.4, 0.5) is 24.5 Å². The highest BCUT2D eigenvalue weighted by molar-refractivity contribution is 5.89. The molecule has 0 aromatic heterocycles. The van der Waals surface area contributed by atoms with E-state index < -0.39 is 35.1 Å². The van der Waals surface area contributed by atoms with E-state index in [2.05, 4.69) is 10.1 Å². The normalized spacial score (nSPS) is 14.9. The smallest absolute Gasteiger partial charge is 0.386 e. The maximum Gasteiger partial charge on any atom is 0.491 e. The zero-order valence-electron chi connectivity index (χ0n) is 12.8. The summed E-state index contributed by atoms with van der Waals surface area (Å²) in [7, 11) is 0. The summed E-state index contributed by atoms with van der Waals surface area (Å²) in [5.74, 6) is -4.17. The molecule has 0 radical (unpaired) electrons. The van der Waals surface area contributed by atoms with Crippen LogP contribution >= 0.6 is 0 Å². The van der Waals surface area contributed by atoms with Gasteiger partial charge in [0.15, 0.2) is 0 Å². The number of benzene rings is 1. The summed E-state index contributed by atoms with van der Waals surface area (Å²) in [6, 6.07) is 4.02. The zero-order valence-corrected chi connectivity index (χ0v) is 12.8. The molecule has 1 aromatic rings. The molecule has 11 heteroatoms. The summed E-state index contributed by atoms with van der Waals surface area (Å²) in [5.41, 5.74) is 0.0355. The fourth-order valence-corrected chi connectivity index (χ4v) is 2.36. The molecule has 1 aliphatic rings. The molecule has 0 aliphatic carbocycles. The first-order chi connectivity index (χ1) is 11.7. The first-order valence-electron chi connectivity index (χ1n) is 7.23. The summed E-state index contributed by atoms with van der Waals surface area (Å²) in [4.78, 5) is 34.4. The quantitative estimate of drug-likeness (QED) is 0.372. The highest BCUT2D eigenvalue weighted by atomic mass is 19.4. The number of carbonyl (C=O) groups excluding carboxylic acids is 2. The van der Waals surface area contributed by atoms with Gasteiger partial charge in [-0.05, 0) is 12.1 Å². The molecular formula is C14H14F3N3O5. The monoisotopic (exact) mass is 361 g/mol. The van der Waals surface area contributed by atoms with Crippen LogP contribution in [0.1, 0.15) is 5.56 Å². The molecule has 1 aromatic carbocycles. The van der Waals surface area contributed by atoms with Gasteiger partial charge in [0.1, 0.15) is 0 Å². The number of hydrogen-bond acceptors (Lipinski definition) is 7. The Hall–Kier alpha value is -2.69. The maximum atomic E-state index is 12.1. The first kappa shape index (κ1) is 18.6. The van der Waals surface area contributed by atoms with E-state index in [1.165, 1.54) is 18.2 Å². The molecule has 8 nitrogen and oxygen atoms in total. The number of nitro benzene ring substituents is 1. The van der Waals surface area contributed by atoms with Gasteiger partial charge in [0.25, 0.3) is 5.69 Å². The van der Waals surface area contributed by atoms with E-state index in [1.54, 1.807) is 0 Å². The molecule has 0 spiro atoms. The lowest BCUT2D eigenvalue weighted by molar-refractivity contribution is -0.385. The van der Waals surface area contributed by atoms with Crippen LogP contribution in [0.15, 0.2) is 18.2 Å². The van der Waals surface area contributed by atoms with Crippen molar-refractivity contribution in [2.45, 2.75) is 12.6 Å². The van der Waals surface area contributed by atoms with Crippen LogP contribution in [0.3, 0.4) is 0 Å². The lowest BCUT2D eigenvalue weighted by Gasteiger charge is -2.29. The van der Waals surface area contributed by atoms with Crippen molar-refractivity contribution in [1.82, 2.24) is 5.32 Å². The van der Waals surface area contributed by atoms with E-state index >= 15 is 0 Å². The Morgan fingerprint density at radius 2 is 1.92 bits per heavy atom. The number of esters is 2. The Morgan fingerprint density at radius 3 is 2.48 bits per heavy atom. The predicted octanol–water partition coefficient (Wildman–Crippen LogP) is 1.18. The van der Waals surface area contributed by atoms with Crippen LogP contribution in [0.5, 0.6) is 0 Å². The summed E-state index contributed by atoms with van der Waals surface area (Å²) >= 11 is 0. The molecule has 0 bridgehead atoms. The molecule has 0 atom stereocenters. The Bertz CT molecular complexity index is 687. The second kappa shape index (κ2) is 7.47. The molecule has 0 unspecified atom stereocenters. The molecule has 1 N–H and O–H groups in total. The van der Waals surface area contributed by atoms with Crippen molar-refractivity contribution in [3.63, 3.8) is 0 Å². The second-order valence-electron chi connectivity index (χ2n) is 5.24. The predicted molar refractivity (Wildman–Crippen MR) is 79.0 cm³/mol. The van der Waals surface area contributed by atoms with Crippen LogP contribution in [0.25, 0.3) is 0 Å². The summed E-state index contributed by atoms with van der Waals surface area (Å²) in [6.07, 6.45) is -6.14. The van der Waals surface area contributed by atoms with Gasteiger partial charge < -0.3 is 15.0 Å². The molecule has 1 aliphatic heterocycles. The number of ether oxygens (including phenoxy) is 1. The number of nitrogens with one attached hydrogen (secondary N) is 1. The standard InChI is InChI=1S/C14H14F3N3O5/c15-14(16,17)13(22)25-12(21)8-9-7-10(1-2-11(9)20(23)24)19-5-3-18-4-6-19/h1-2,7,18H,3-6,8H2. The Balaban J connectivity index is 2.20. The number of hydrogen-bond donors (Lipinski definition) is 1. The van der Waals surface area contributed by atoms with Gasteiger partial charge in [-0.1, -0.05) is 0 Å². The maximum absolute atomic E-state index is 12.1. The molecule has 1 heterocycles. The Labute approximate surface area is 139 Å². The van der Waals surface area contributed by atoms with Gasteiger partial charge >= 0.3 is 18.1 Å². The van der Waals surface area contributed by atoms with Gasteiger partial charge in [-0.2, -0.15) is 13.2 Å². The molecule has 1 saturated heterocycles. The fourth-order valence-electron chi connectivity index (χ4n) is 2.36. The second-order valence-corrected chi connectivity index (χ2v) is 5.24. The van der Waals surface area contributed by atoms with E-state index in [9.17, 15) is 32.9 Å². The lowest BCUT2D eigenvalue weighted by Crippen LogP contribution is -2.43. The van der Waals surface area contributed by atoms with E-state index in [-0.39, 0.29) is 5.56 Å². The third-order valence-corrected chi connectivity index (χ3v) is 3.51. The summed E-state index contributed by atoms with van der Waals surface area (Å²) in [5, 5.41) is 14.2. The van der Waals surface area contributed by atoms with Gasteiger partial charge in [-0.25, -0.2) is 4.79 Å². The van der Waals surface area contributed by atoms with Crippen molar-refractivity contribution in [3.05, 3.63) is 33.9 Å². The van der Waals surface area contributed by atoms with E-state index in [4.69, 9.17) is 0 Å². The Kier molecular flexibility index (Phi) is 5.57. The van der Waals surface area contributed by atoms with Gasteiger partial charge in [0.2, 0.25) is 0 Å². The average molecular weight is 361 g/mol. The number of piperazine rings is 1. The van der Waals surface area contributed by atoms with Crippen molar-refractivity contribution in [2.24, 2.45) is 0 Å². The largest absolute Gasteiger partial charge is 0.491 e. The van der Waals surface area contributed by atoms with E-state index in [0.29, 0.717) is 31.9 Å². The lowest BCUT2D eigenvalue weighted by atomic mass is 10.1. The Morgan fingerprint density at radius 1 is 1.28 bits per heavy atom. The molecule has 136 valence electrons. The molecule has 2 rings (SSSR count). The topological polar surface area (TPSA) is 102 Å². The van der Waals surface area contributed by atoms with Gasteiger partial charge in [0, 0.05) is 43.5 Å². The zero-order chi connectivity index (χ0) is 18.6. The van der Waals surface area contributed by atoms with Crippen molar-refractivity contribution < 1.29 is 32.4 Å². The van der Waals surface area contributed by atoms with Gasteiger partial charge in [-0.15, -0.1) is 0 Å². The van der Waals surface area contributed by atoms with Crippen LogP contribution in [-0.2, 0) is 20.7 Å². The highest BCUT2D eigenvalue weighted by Gasteiger charge is 2.42. The average Bonchev–Trinajstić information content (AvgIpc) is 2.54. The third-order valence-electron chi connectivity index (χ3n) is 3.51. The van der Waals surface area contributed by atoms with Crippen LogP contribution in [-0.4, -0.2) is 49.2 Å². The number of anilines is 1. The first-order valence-corrected chi connectivity index (χ1v) is 7.23. The summed E-state index contributed by atoms with van der Waals surface area (Å²) in [6.45, 7) is 2.67. The minimum atomic E-state index is -5.32. The number of alkyl halides is 3. The minimum Gasteiger partial charge on any atom is -0.386 e. The number of rotatable bonds is 4.